The summed E-state index contributed by atoms with van der Waals surface area (Å²) in [6.07, 6.45) is 53.1. The van der Waals surface area contributed by atoms with Gasteiger partial charge in [-0.3, -0.25) is 4.79 Å². The Labute approximate surface area is 331 Å². The molecule has 0 saturated heterocycles. The van der Waals surface area contributed by atoms with Gasteiger partial charge in [-0.25, -0.2) is 0 Å². The van der Waals surface area contributed by atoms with E-state index >= 15 is 0 Å². The van der Waals surface area contributed by atoms with Crippen LogP contribution in [-0.4, -0.2) is 46.1 Å². The maximum absolute atomic E-state index is 12.4. The highest BCUT2D eigenvalue weighted by molar-refractivity contribution is 5.76. The summed E-state index contributed by atoms with van der Waals surface area (Å²) in [5.41, 5.74) is 0. The Balaban J connectivity index is 3.55. The van der Waals surface area contributed by atoms with Gasteiger partial charge in [0.25, 0.3) is 0 Å². The van der Waals surface area contributed by atoms with Crippen LogP contribution in [0.3, 0.4) is 0 Å². The fraction of sp³-hybridized carbons (Fsp3) is 0.896. The molecular formula is C48H93NO4. The summed E-state index contributed by atoms with van der Waals surface area (Å²) in [5.74, 6) is -0.155. The Morgan fingerprint density at radius 3 is 1.15 bits per heavy atom. The summed E-state index contributed by atoms with van der Waals surface area (Å²) < 4.78 is 0. The number of aliphatic hydroxyl groups excluding tert-OH is 3. The lowest BCUT2D eigenvalue weighted by Crippen LogP contribution is -2.50. The van der Waals surface area contributed by atoms with Crippen molar-refractivity contribution in [3.63, 3.8) is 0 Å². The molecular weight excluding hydrogens is 655 g/mol. The molecule has 1 amide bonds. The van der Waals surface area contributed by atoms with E-state index in [0.29, 0.717) is 12.8 Å². The summed E-state index contributed by atoms with van der Waals surface area (Å²) in [6.45, 7) is 4.15. The molecule has 0 aliphatic rings. The topological polar surface area (TPSA) is 89.8 Å². The Morgan fingerprint density at radius 2 is 0.774 bits per heavy atom. The molecule has 0 spiro atoms. The first-order valence-corrected chi connectivity index (χ1v) is 23.6. The van der Waals surface area contributed by atoms with Gasteiger partial charge < -0.3 is 20.6 Å². The number of carbonyl (C=O) groups is 1. The number of unbranched alkanes of at least 4 members (excludes halogenated alkanes) is 31. The molecule has 0 aromatic heterocycles. The molecule has 0 heterocycles. The average molecular weight is 748 g/mol. The lowest BCUT2D eigenvalue weighted by molar-refractivity contribution is -0.124. The summed E-state index contributed by atoms with van der Waals surface area (Å²) in [5, 5.41) is 33.5. The van der Waals surface area contributed by atoms with Crippen molar-refractivity contribution in [3.8, 4) is 0 Å². The molecule has 4 N–H and O–H groups in total. The van der Waals surface area contributed by atoms with Gasteiger partial charge in [0.05, 0.1) is 18.8 Å². The molecule has 53 heavy (non-hydrogen) atoms. The van der Waals surface area contributed by atoms with E-state index in [1.54, 1.807) is 0 Å². The number of aliphatic hydroxyl groups is 3. The molecule has 0 fully saturated rings. The molecule has 5 heteroatoms. The standard InChI is InChI=1S/C48H93NO4/c1-3-5-7-9-11-13-15-17-18-19-20-21-22-23-24-25-26-27-28-29-31-33-35-37-39-41-43-47(52)49-45(44-50)48(53)46(51)42-40-38-36-34-32-30-16-14-12-10-8-6-4-2/h14,16,34,36,45-46,48,50-51,53H,3-13,15,17-33,35,37-44H2,1-2H3,(H,49,52)/b16-14+,36-34+. The third-order valence-corrected chi connectivity index (χ3v) is 11.0. The fourth-order valence-corrected chi connectivity index (χ4v) is 7.36. The van der Waals surface area contributed by atoms with Crippen LogP contribution in [0.15, 0.2) is 24.3 Å². The summed E-state index contributed by atoms with van der Waals surface area (Å²) in [7, 11) is 0. The Morgan fingerprint density at radius 1 is 0.453 bits per heavy atom. The van der Waals surface area contributed by atoms with Gasteiger partial charge in [0.15, 0.2) is 0 Å². The molecule has 0 bridgehead atoms. The van der Waals surface area contributed by atoms with Gasteiger partial charge in [-0.15, -0.1) is 0 Å². The highest BCUT2D eigenvalue weighted by Crippen LogP contribution is 2.17. The van der Waals surface area contributed by atoms with Crippen LogP contribution in [0.4, 0.5) is 0 Å². The number of amides is 1. The molecule has 3 atom stereocenters. The Bertz CT molecular complexity index is 784. The van der Waals surface area contributed by atoms with Crippen LogP contribution in [0.2, 0.25) is 0 Å². The maximum atomic E-state index is 12.4. The highest BCUT2D eigenvalue weighted by Gasteiger charge is 2.26. The van der Waals surface area contributed by atoms with Gasteiger partial charge >= 0.3 is 0 Å². The van der Waals surface area contributed by atoms with Gasteiger partial charge in [-0.1, -0.05) is 218 Å². The first-order chi connectivity index (χ1) is 26.1. The van der Waals surface area contributed by atoms with Gasteiger partial charge in [0.1, 0.15) is 6.10 Å². The zero-order valence-electron chi connectivity index (χ0n) is 35.7. The molecule has 0 saturated carbocycles. The molecule has 314 valence electrons. The maximum Gasteiger partial charge on any atom is 0.220 e. The molecule has 3 unspecified atom stereocenters. The van der Waals surface area contributed by atoms with E-state index in [0.717, 1.165) is 44.9 Å². The zero-order chi connectivity index (χ0) is 38.7. The Kier molecular flexibility index (Phi) is 42.6. The van der Waals surface area contributed by atoms with Crippen LogP contribution in [0.25, 0.3) is 0 Å². The summed E-state index contributed by atoms with van der Waals surface area (Å²) >= 11 is 0. The monoisotopic (exact) mass is 748 g/mol. The molecule has 0 aliphatic carbocycles. The lowest BCUT2D eigenvalue weighted by atomic mass is 10.0. The van der Waals surface area contributed by atoms with Crippen molar-refractivity contribution in [1.82, 2.24) is 5.32 Å². The van der Waals surface area contributed by atoms with Crippen LogP contribution in [0.5, 0.6) is 0 Å². The van der Waals surface area contributed by atoms with E-state index in [2.05, 4.69) is 43.5 Å². The second kappa shape index (κ2) is 43.6. The number of carbonyl (C=O) groups excluding carboxylic acids is 1. The minimum absolute atomic E-state index is 0.155. The van der Waals surface area contributed by atoms with E-state index in [9.17, 15) is 20.1 Å². The van der Waals surface area contributed by atoms with Crippen molar-refractivity contribution >= 4 is 5.91 Å². The van der Waals surface area contributed by atoms with E-state index < -0.39 is 18.2 Å². The number of hydrogen-bond acceptors (Lipinski definition) is 4. The van der Waals surface area contributed by atoms with Crippen molar-refractivity contribution < 1.29 is 20.1 Å². The van der Waals surface area contributed by atoms with Crippen molar-refractivity contribution in [2.24, 2.45) is 0 Å². The van der Waals surface area contributed by atoms with Crippen LogP contribution in [0, 0.1) is 0 Å². The third-order valence-electron chi connectivity index (χ3n) is 11.0. The van der Waals surface area contributed by atoms with E-state index in [1.165, 1.54) is 180 Å². The van der Waals surface area contributed by atoms with Crippen molar-refractivity contribution in [3.05, 3.63) is 24.3 Å². The predicted molar refractivity (Wildman–Crippen MR) is 231 cm³/mol. The number of allylic oxidation sites excluding steroid dienone is 4. The molecule has 5 nitrogen and oxygen atoms in total. The third kappa shape index (κ3) is 38.9. The summed E-state index contributed by atoms with van der Waals surface area (Å²) in [4.78, 5) is 12.4. The quantitative estimate of drug-likeness (QED) is 0.0369. The van der Waals surface area contributed by atoms with Crippen molar-refractivity contribution in [2.45, 2.75) is 270 Å². The van der Waals surface area contributed by atoms with Gasteiger partial charge in [0.2, 0.25) is 5.91 Å². The fourth-order valence-electron chi connectivity index (χ4n) is 7.36. The van der Waals surface area contributed by atoms with E-state index in [-0.39, 0.29) is 12.5 Å². The highest BCUT2D eigenvalue weighted by atomic mass is 16.3. The Hall–Kier alpha value is -1.17. The minimum Gasteiger partial charge on any atom is -0.394 e. The van der Waals surface area contributed by atoms with Crippen LogP contribution >= 0.6 is 0 Å². The molecule has 0 aromatic rings. The van der Waals surface area contributed by atoms with E-state index in [1.807, 2.05) is 0 Å². The number of hydrogen-bond donors (Lipinski definition) is 4. The van der Waals surface area contributed by atoms with Crippen molar-refractivity contribution in [1.29, 1.82) is 0 Å². The van der Waals surface area contributed by atoms with Gasteiger partial charge in [0, 0.05) is 6.42 Å². The SMILES string of the molecule is CCCCCC/C=C/CC/C=C/CCCC(O)C(O)C(CO)NC(=O)CCCCCCCCCCCCCCCCCCCCCCCCCCCC. The normalized spacial score (nSPS) is 13.7. The number of nitrogens with one attached hydrogen (secondary N) is 1. The van der Waals surface area contributed by atoms with E-state index in [4.69, 9.17) is 0 Å². The molecule has 0 rings (SSSR count). The predicted octanol–water partition coefficient (Wildman–Crippen LogP) is 13.8. The van der Waals surface area contributed by atoms with Crippen LogP contribution in [0.1, 0.15) is 251 Å². The van der Waals surface area contributed by atoms with Crippen LogP contribution in [-0.2, 0) is 4.79 Å². The number of rotatable bonds is 43. The smallest absolute Gasteiger partial charge is 0.220 e. The van der Waals surface area contributed by atoms with Crippen LogP contribution < -0.4 is 5.32 Å². The zero-order valence-corrected chi connectivity index (χ0v) is 35.7. The largest absolute Gasteiger partial charge is 0.394 e. The summed E-state index contributed by atoms with van der Waals surface area (Å²) in [6, 6.07) is -0.828. The molecule has 0 aliphatic heterocycles. The molecule has 0 radical (unpaired) electrons. The lowest BCUT2D eigenvalue weighted by Gasteiger charge is -2.26. The van der Waals surface area contributed by atoms with Crippen molar-refractivity contribution in [2.75, 3.05) is 6.61 Å². The molecule has 0 aromatic carbocycles. The van der Waals surface area contributed by atoms with Gasteiger partial charge in [-0.05, 0) is 51.4 Å². The minimum atomic E-state index is -1.16. The first kappa shape index (κ1) is 51.8. The first-order valence-electron chi connectivity index (χ1n) is 23.6. The average Bonchev–Trinajstić information content (AvgIpc) is 3.16. The second-order valence-corrected chi connectivity index (χ2v) is 16.3. The second-order valence-electron chi connectivity index (χ2n) is 16.3. The van der Waals surface area contributed by atoms with Gasteiger partial charge in [-0.2, -0.15) is 0 Å².